The van der Waals surface area contributed by atoms with Crippen LogP contribution >= 0.6 is 7.60 Å². The summed E-state index contributed by atoms with van der Waals surface area (Å²) in [4.78, 5) is 0. The smallest absolute Gasteiger partial charge is 0.305 e. The Morgan fingerprint density at radius 3 is 2.00 bits per heavy atom. The van der Waals surface area contributed by atoms with Gasteiger partial charge in [0.05, 0.1) is 18.5 Å². The quantitative estimate of drug-likeness (QED) is 0.408. The summed E-state index contributed by atoms with van der Waals surface area (Å²) in [5.41, 5.74) is 6.73. The first-order valence-electron chi connectivity index (χ1n) is 11.3. The molecule has 4 heteroatoms. The minimum absolute atomic E-state index is 0.183. The largest absolute Gasteiger partial charge is 0.361 e. The van der Waals surface area contributed by atoms with Gasteiger partial charge in [-0.3, -0.25) is 4.57 Å². The van der Waals surface area contributed by atoms with Gasteiger partial charge in [0, 0.05) is 0 Å². The van der Waals surface area contributed by atoms with Crippen molar-refractivity contribution in [1.82, 2.24) is 0 Å². The third-order valence-corrected chi connectivity index (χ3v) is 8.66. The maximum absolute atomic E-state index is 13.0. The predicted octanol–water partition coefficient (Wildman–Crippen LogP) is 7.18. The lowest BCUT2D eigenvalue weighted by Crippen LogP contribution is -2.33. The fourth-order valence-electron chi connectivity index (χ4n) is 4.48. The van der Waals surface area contributed by atoms with Gasteiger partial charge in [-0.1, -0.05) is 64.6 Å². The van der Waals surface area contributed by atoms with E-state index in [1.807, 2.05) is 38.1 Å². The fraction of sp³-hybridized carbons (Fsp3) is 0.481. The zero-order valence-electron chi connectivity index (χ0n) is 20.0. The van der Waals surface area contributed by atoms with E-state index in [-0.39, 0.29) is 10.8 Å². The van der Waals surface area contributed by atoms with E-state index >= 15 is 0 Å². The van der Waals surface area contributed by atoms with Crippen molar-refractivity contribution in [2.75, 3.05) is 13.2 Å². The molecule has 0 atom stereocenters. The normalized spacial score (nSPS) is 17.2. The number of hydrogen-bond acceptors (Lipinski definition) is 3. The van der Waals surface area contributed by atoms with Crippen LogP contribution in [0.4, 0.5) is 0 Å². The van der Waals surface area contributed by atoms with E-state index < -0.39 is 7.60 Å². The topological polar surface area (TPSA) is 35.5 Å². The number of hydrogen-bond donors (Lipinski definition) is 0. The van der Waals surface area contributed by atoms with Crippen LogP contribution in [0.2, 0.25) is 0 Å². The van der Waals surface area contributed by atoms with Crippen molar-refractivity contribution >= 4 is 18.5 Å². The van der Waals surface area contributed by atoms with Crippen LogP contribution in [-0.4, -0.2) is 13.2 Å². The van der Waals surface area contributed by atoms with Crippen LogP contribution in [0, 0.1) is 0 Å². The number of allylic oxidation sites excluding steroid dienone is 1. The molecule has 0 heterocycles. The first kappa shape index (κ1) is 24.0. The maximum atomic E-state index is 13.0. The highest BCUT2D eigenvalue weighted by Crippen LogP contribution is 2.47. The summed E-state index contributed by atoms with van der Waals surface area (Å²) in [6.07, 6.45) is 3.16. The van der Waals surface area contributed by atoms with Gasteiger partial charge in [-0.25, -0.2) is 0 Å². The second-order valence-corrected chi connectivity index (χ2v) is 11.8. The Morgan fingerprint density at radius 2 is 1.45 bits per heavy atom. The summed E-state index contributed by atoms with van der Waals surface area (Å²) in [5, 5.41) is 0.600. The Balaban J connectivity index is 1.82. The molecule has 1 aliphatic rings. The summed E-state index contributed by atoms with van der Waals surface area (Å²) in [6, 6.07) is 14.6. The van der Waals surface area contributed by atoms with Crippen LogP contribution in [0.3, 0.4) is 0 Å². The van der Waals surface area contributed by atoms with Crippen molar-refractivity contribution in [2.24, 2.45) is 0 Å². The molecule has 0 amide bonds. The molecule has 0 bridgehead atoms. The average molecular weight is 441 g/mol. The minimum atomic E-state index is -3.25. The first-order chi connectivity index (χ1) is 14.5. The van der Waals surface area contributed by atoms with Gasteiger partial charge in [-0.15, -0.1) is 0 Å². The molecule has 168 valence electrons. The van der Waals surface area contributed by atoms with Crippen LogP contribution in [0.15, 0.2) is 49.0 Å². The second-order valence-electron chi connectivity index (χ2n) is 9.81. The van der Waals surface area contributed by atoms with E-state index in [0.29, 0.717) is 18.5 Å². The first-order valence-corrected chi connectivity index (χ1v) is 12.9. The molecule has 0 N–H and O–H groups in total. The maximum Gasteiger partial charge on any atom is 0.361 e. The lowest BCUT2D eigenvalue weighted by atomic mass is 9.63. The Labute approximate surface area is 188 Å². The standard InChI is InChI=1S/C27H37O3P/c1-8-29-31(28,30-9-2)23-13-10-21(11-14-23)18-20(3)22-12-15-24-25(19-22)27(6,7)17-16-26(24,4)5/h10-15,19H,3,8-9,16-18H2,1-2,4-7H3. The van der Waals surface area contributed by atoms with Crippen LogP contribution < -0.4 is 5.30 Å². The third-order valence-electron chi connectivity index (χ3n) is 6.53. The van der Waals surface area contributed by atoms with Gasteiger partial charge in [-0.05, 0) is 83.9 Å². The van der Waals surface area contributed by atoms with Crippen molar-refractivity contribution in [3.05, 3.63) is 71.3 Å². The van der Waals surface area contributed by atoms with Crippen molar-refractivity contribution in [3.63, 3.8) is 0 Å². The number of rotatable bonds is 8. The van der Waals surface area contributed by atoms with Crippen LogP contribution in [-0.2, 0) is 30.9 Å². The molecule has 0 radical (unpaired) electrons. The van der Waals surface area contributed by atoms with Gasteiger partial charge < -0.3 is 9.05 Å². The van der Waals surface area contributed by atoms with Gasteiger partial charge in [0.1, 0.15) is 0 Å². The molecular formula is C27H37O3P. The summed E-state index contributed by atoms with van der Waals surface area (Å²) in [7, 11) is -3.25. The Morgan fingerprint density at radius 1 is 0.903 bits per heavy atom. The lowest BCUT2D eigenvalue weighted by Gasteiger charge is -2.42. The average Bonchev–Trinajstić information content (AvgIpc) is 2.72. The van der Waals surface area contributed by atoms with Crippen molar-refractivity contribution in [3.8, 4) is 0 Å². The Hall–Kier alpha value is -1.67. The molecule has 0 aromatic heterocycles. The molecule has 2 aromatic rings. The van der Waals surface area contributed by atoms with E-state index in [0.717, 1.165) is 17.6 Å². The second kappa shape index (κ2) is 9.06. The monoisotopic (exact) mass is 440 g/mol. The molecule has 2 aromatic carbocycles. The summed E-state index contributed by atoms with van der Waals surface area (Å²) < 4.78 is 23.9. The van der Waals surface area contributed by atoms with Gasteiger partial charge in [-0.2, -0.15) is 0 Å². The lowest BCUT2D eigenvalue weighted by molar-refractivity contribution is 0.230. The van der Waals surface area contributed by atoms with E-state index in [2.05, 4.69) is 52.5 Å². The fourth-order valence-corrected chi connectivity index (χ4v) is 6.05. The molecule has 0 fully saturated rings. The van der Waals surface area contributed by atoms with Crippen molar-refractivity contribution in [1.29, 1.82) is 0 Å². The summed E-state index contributed by atoms with van der Waals surface area (Å²) in [5.74, 6) is 0. The zero-order chi connectivity index (χ0) is 22.9. The SMILES string of the molecule is C=C(Cc1ccc(P(=O)(OCC)OCC)cc1)c1ccc2c(c1)C(C)(C)CCC2(C)C. The van der Waals surface area contributed by atoms with Crippen LogP contribution in [0.1, 0.15) is 76.6 Å². The van der Waals surface area contributed by atoms with E-state index in [9.17, 15) is 4.57 Å². The summed E-state index contributed by atoms with van der Waals surface area (Å²) in [6.45, 7) is 18.1. The highest BCUT2D eigenvalue weighted by molar-refractivity contribution is 7.62. The molecule has 3 rings (SSSR count). The van der Waals surface area contributed by atoms with Gasteiger partial charge in [0.25, 0.3) is 0 Å². The highest BCUT2D eigenvalue weighted by atomic mass is 31.2. The molecule has 31 heavy (non-hydrogen) atoms. The molecule has 0 saturated carbocycles. The van der Waals surface area contributed by atoms with Crippen LogP contribution in [0.5, 0.6) is 0 Å². The van der Waals surface area contributed by atoms with Gasteiger partial charge in [0.2, 0.25) is 0 Å². The Bertz CT molecular complexity index is 976. The molecular weight excluding hydrogens is 403 g/mol. The highest BCUT2D eigenvalue weighted by Gasteiger charge is 2.37. The molecule has 1 aliphatic carbocycles. The van der Waals surface area contributed by atoms with Crippen molar-refractivity contribution < 1.29 is 13.6 Å². The molecule has 0 aliphatic heterocycles. The Kier molecular flexibility index (Phi) is 7.01. The molecule has 3 nitrogen and oxygen atoms in total. The number of benzene rings is 2. The summed E-state index contributed by atoms with van der Waals surface area (Å²) >= 11 is 0. The predicted molar refractivity (Wildman–Crippen MR) is 131 cm³/mol. The zero-order valence-corrected chi connectivity index (χ0v) is 20.9. The number of fused-ring (bicyclic) bond motifs is 1. The minimum Gasteiger partial charge on any atom is -0.305 e. The molecule has 0 unspecified atom stereocenters. The molecule has 0 saturated heterocycles. The van der Waals surface area contributed by atoms with Crippen LogP contribution in [0.25, 0.3) is 5.57 Å². The van der Waals surface area contributed by atoms with E-state index in [1.165, 1.54) is 29.5 Å². The van der Waals surface area contributed by atoms with Gasteiger partial charge >= 0.3 is 7.60 Å². The van der Waals surface area contributed by atoms with Gasteiger partial charge in [0.15, 0.2) is 0 Å². The van der Waals surface area contributed by atoms with E-state index in [1.54, 1.807) is 0 Å². The van der Waals surface area contributed by atoms with E-state index in [4.69, 9.17) is 9.05 Å². The molecule has 0 spiro atoms. The van der Waals surface area contributed by atoms with Crippen molar-refractivity contribution in [2.45, 2.75) is 71.6 Å². The third kappa shape index (κ3) is 5.06.